The number of hydrazine groups is 1. The Labute approximate surface area is 150 Å². The summed E-state index contributed by atoms with van der Waals surface area (Å²) in [5.41, 5.74) is 4.69. The smallest absolute Gasteiger partial charge is 0.267 e. The number of carbonyl (C=O) groups excluding carboxylic acids is 2. The van der Waals surface area contributed by atoms with Gasteiger partial charge in [0.1, 0.15) is 4.88 Å². The van der Waals surface area contributed by atoms with Crippen molar-refractivity contribution in [2.45, 2.75) is 31.1 Å². The molecule has 1 aromatic heterocycles. The van der Waals surface area contributed by atoms with E-state index in [9.17, 15) is 18.0 Å². The number of sulfone groups is 1. The second-order valence-electron chi connectivity index (χ2n) is 6.48. The summed E-state index contributed by atoms with van der Waals surface area (Å²) in [4.78, 5) is 28.8. The summed E-state index contributed by atoms with van der Waals surface area (Å²) in [7, 11) is -3.32. The fraction of sp³-hybridized carbons (Fsp3) is 0.312. The molecule has 0 aliphatic heterocycles. The van der Waals surface area contributed by atoms with Gasteiger partial charge >= 0.3 is 0 Å². The molecule has 134 valence electrons. The van der Waals surface area contributed by atoms with Crippen molar-refractivity contribution in [3.63, 3.8) is 0 Å². The van der Waals surface area contributed by atoms with Crippen LogP contribution < -0.4 is 10.9 Å². The number of nitrogens with one attached hydrogen (secondary N) is 2. The molecule has 2 N–H and O–H groups in total. The molecule has 0 unspecified atom stereocenters. The Balaban J connectivity index is 2.00. The molecular formula is C16H19N3O4S2. The van der Waals surface area contributed by atoms with E-state index in [0.717, 1.165) is 11.3 Å². The zero-order valence-corrected chi connectivity index (χ0v) is 15.9. The molecule has 2 aromatic rings. The number of hydrogen-bond donors (Lipinski definition) is 2. The first kappa shape index (κ1) is 19.1. The van der Waals surface area contributed by atoms with Crippen molar-refractivity contribution in [3.8, 4) is 0 Å². The molecule has 0 atom stereocenters. The first-order chi connectivity index (χ1) is 11.5. The van der Waals surface area contributed by atoms with Gasteiger partial charge in [0.2, 0.25) is 0 Å². The molecule has 0 bridgehead atoms. The quantitative estimate of drug-likeness (QED) is 0.790. The van der Waals surface area contributed by atoms with Gasteiger partial charge in [0, 0.05) is 17.2 Å². The summed E-state index contributed by atoms with van der Waals surface area (Å²) >= 11 is 1.26. The van der Waals surface area contributed by atoms with Gasteiger partial charge in [-0.05, 0) is 24.3 Å². The van der Waals surface area contributed by atoms with Crippen molar-refractivity contribution in [3.05, 3.63) is 45.9 Å². The van der Waals surface area contributed by atoms with E-state index in [0.29, 0.717) is 4.88 Å². The van der Waals surface area contributed by atoms with Gasteiger partial charge in [-0.3, -0.25) is 20.4 Å². The van der Waals surface area contributed by atoms with E-state index in [2.05, 4.69) is 15.8 Å². The number of rotatable bonds is 3. The molecular weight excluding hydrogens is 362 g/mol. The highest BCUT2D eigenvalue weighted by Crippen LogP contribution is 2.26. The van der Waals surface area contributed by atoms with Crippen LogP contribution in [0.4, 0.5) is 0 Å². The number of carbonyl (C=O) groups is 2. The maximum Gasteiger partial charge on any atom is 0.281 e. The molecule has 0 fully saturated rings. The molecule has 0 aliphatic carbocycles. The molecule has 0 aliphatic rings. The van der Waals surface area contributed by atoms with Gasteiger partial charge in [-0.2, -0.15) is 0 Å². The molecule has 9 heteroatoms. The lowest BCUT2D eigenvalue weighted by molar-refractivity contribution is 0.0848. The van der Waals surface area contributed by atoms with E-state index < -0.39 is 21.7 Å². The minimum atomic E-state index is -3.32. The normalized spacial score (nSPS) is 11.8. The average Bonchev–Trinajstić information content (AvgIpc) is 3.02. The molecule has 1 heterocycles. The molecule has 2 rings (SSSR count). The van der Waals surface area contributed by atoms with E-state index in [1.807, 2.05) is 20.8 Å². The molecule has 0 saturated carbocycles. The zero-order chi connectivity index (χ0) is 18.8. The lowest BCUT2D eigenvalue weighted by atomic mass is 9.98. The van der Waals surface area contributed by atoms with Crippen LogP contribution in [-0.2, 0) is 15.3 Å². The van der Waals surface area contributed by atoms with Crippen LogP contribution in [0.5, 0.6) is 0 Å². The van der Waals surface area contributed by atoms with Crippen LogP contribution in [0.25, 0.3) is 0 Å². The lowest BCUT2D eigenvalue weighted by Gasteiger charge is -2.13. The SMILES string of the molecule is CC(C)(C)c1ncc(C(=O)NNC(=O)c2ccc(S(C)(=O)=O)cc2)s1. The fourth-order valence-electron chi connectivity index (χ4n) is 1.83. The molecule has 0 spiro atoms. The third-order valence-electron chi connectivity index (χ3n) is 3.21. The summed E-state index contributed by atoms with van der Waals surface area (Å²) in [6, 6.07) is 5.43. The highest BCUT2D eigenvalue weighted by atomic mass is 32.2. The summed E-state index contributed by atoms with van der Waals surface area (Å²) in [6.45, 7) is 5.99. The van der Waals surface area contributed by atoms with Crippen LogP contribution in [0.15, 0.2) is 35.4 Å². The molecule has 25 heavy (non-hydrogen) atoms. The van der Waals surface area contributed by atoms with Crippen LogP contribution in [0.2, 0.25) is 0 Å². The number of hydrogen-bond acceptors (Lipinski definition) is 6. The number of benzene rings is 1. The van der Waals surface area contributed by atoms with Gasteiger partial charge in [-0.1, -0.05) is 20.8 Å². The van der Waals surface area contributed by atoms with Gasteiger partial charge in [0.05, 0.1) is 16.1 Å². The Hall–Kier alpha value is -2.26. The Kier molecular flexibility index (Phi) is 5.28. The Morgan fingerprint density at radius 1 is 1.04 bits per heavy atom. The molecule has 7 nitrogen and oxygen atoms in total. The average molecular weight is 381 g/mol. The highest BCUT2D eigenvalue weighted by molar-refractivity contribution is 7.90. The first-order valence-electron chi connectivity index (χ1n) is 7.35. The summed E-state index contributed by atoms with van der Waals surface area (Å²) in [5.74, 6) is -1.01. The van der Waals surface area contributed by atoms with Crippen molar-refractivity contribution < 1.29 is 18.0 Å². The Bertz CT molecular complexity index is 894. The summed E-state index contributed by atoms with van der Waals surface area (Å²) in [5, 5.41) is 0.820. The van der Waals surface area contributed by atoms with E-state index >= 15 is 0 Å². The predicted octanol–water partition coefficient (Wildman–Crippen LogP) is 1.92. The van der Waals surface area contributed by atoms with Crippen molar-refractivity contribution >= 4 is 33.0 Å². The van der Waals surface area contributed by atoms with Gasteiger partial charge in [0.15, 0.2) is 9.84 Å². The molecule has 2 amide bonds. The minimum Gasteiger partial charge on any atom is -0.267 e. The largest absolute Gasteiger partial charge is 0.281 e. The standard InChI is InChI=1S/C16H19N3O4S2/c1-16(2,3)15-17-9-12(24-15)14(21)19-18-13(20)10-5-7-11(8-6-10)25(4,22)23/h5-9H,1-4H3,(H,18,20)(H,19,21). The maximum atomic E-state index is 12.1. The van der Waals surface area contributed by atoms with E-state index in [1.165, 1.54) is 41.8 Å². The number of thiazole rings is 1. The van der Waals surface area contributed by atoms with Crippen LogP contribution >= 0.6 is 11.3 Å². The Morgan fingerprint density at radius 2 is 1.60 bits per heavy atom. The number of aromatic nitrogens is 1. The van der Waals surface area contributed by atoms with Crippen molar-refractivity contribution in [1.82, 2.24) is 15.8 Å². The lowest BCUT2D eigenvalue weighted by Crippen LogP contribution is -2.41. The van der Waals surface area contributed by atoms with E-state index in [4.69, 9.17) is 0 Å². The number of amides is 2. The second kappa shape index (κ2) is 6.93. The third-order valence-corrected chi connectivity index (χ3v) is 5.76. The monoisotopic (exact) mass is 381 g/mol. The van der Waals surface area contributed by atoms with Gasteiger partial charge < -0.3 is 0 Å². The van der Waals surface area contributed by atoms with Gasteiger partial charge in [0.25, 0.3) is 11.8 Å². The van der Waals surface area contributed by atoms with Crippen molar-refractivity contribution in [2.24, 2.45) is 0 Å². The summed E-state index contributed by atoms with van der Waals surface area (Å²) in [6.07, 6.45) is 2.55. The van der Waals surface area contributed by atoms with Crippen LogP contribution in [0.1, 0.15) is 45.8 Å². The van der Waals surface area contributed by atoms with E-state index in [1.54, 1.807) is 0 Å². The van der Waals surface area contributed by atoms with Gasteiger partial charge in [-0.15, -0.1) is 11.3 Å². The van der Waals surface area contributed by atoms with Crippen LogP contribution in [0.3, 0.4) is 0 Å². The molecule has 0 radical (unpaired) electrons. The van der Waals surface area contributed by atoms with Crippen LogP contribution in [-0.4, -0.2) is 31.5 Å². The van der Waals surface area contributed by atoms with Crippen molar-refractivity contribution in [1.29, 1.82) is 0 Å². The second-order valence-corrected chi connectivity index (χ2v) is 9.53. The molecule has 0 saturated heterocycles. The number of nitrogens with zero attached hydrogens (tertiary/aromatic N) is 1. The third kappa shape index (κ3) is 4.86. The van der Waals surface area contributed by atoms with Crippen LogP contribution in [0, 0.1) is 0 Å². The van der Waals surface area contributed by atoms with Crippen molar-refractivity contribution in [2.75, 3.05) is 6.26 Å². The van der Waals surface area contributed by atoms with E-state index in [-0.39, 0.29) is 15.9 Å². The fourth-order valence-corrected chi connectivity index (χ4v) is 3.33. The zero-order valence-electron chi connectivity index (χ0n) is 14.3. The highest BCUT2D eigenvalue weighted by Gasteiger charge is 2.20. The first-order valence-corrected chi connectivity index (χ1v) is 10.1. The summed E-state index contributed by atoms with van der Waals surface area (Å²) < 4.78 is 22.8. The predicted molar refractivity (Wildman–Crippen MR) is 95.3 cm³/mol. The molecule has 1 aromatic carbocycles. The van der Waals surface area contributed by atoms with Gasteiger partial charge in [-0.25, -0.2) is 13.4 Å². The minimum absolute atomic E-state index is 0.118. The maximum absolute atomic E-state index is 12.1. The topological polar surface area (TPSA) is 105 Å². The Morgan fingerprint density at radius 3 is 2.08 bits per heavy atom.